The van der Waals surface area contributed by atoms with Crippen LogP contribution in [0.4, 0.5) is 0 Å². The van der Waals surface area contributed by atoms with Crippen molar-refractivity contribution in [3.05, 3.63) is 17.5 Å². The summed E-state index contributed by atoms with van der Waals surface area (Å²) in [5, 5.41) is 6.82. The van der Waals surface area contributed by atoms with Crippen molar-refractivity contribution >= 4 is 11.8 Å². The summed E-state index contributed by atoms with van der Waals surface area (Å²) in [5.41, 5.74) is 0.405. The molecule has 2 unspecified atom stereocenters. The van der Waals surface area contributed by atoms with Gasteiger partial charge in [-0.2, -0.15) is 0 Å². The van der Waals surface area contributed by atoms with Crippen molar-refractivity contribution in [2.24, 2.45) is 5.92 Å². The van der Waals surface area contributed by atoms with Gasteiger partial charge in [0.15, 0.2) is 5.76 Å². The summed E-state index contributed by atoms with van der Waals surface area (Å²) in [7, 11) is 0. The van der Waals surface area contributed by atoms with E-state index in [0.29, 0.717) is 32.1 Å². The molecule has 2 saturated heterocycles. The molecule has 0 bridgehead atoms. The van der Waals surface area contributed by atoms with Gasteiger partial charge in [0.05, 0.1) is 17.8 Å². The average Bonchev–Trinajstić information content (AvgIpc) is 3.10. The minimum absolute atomic E-state index is 0.0243. The van der Waals surface area contributed by atoms with E-state index in [9.17, 15) is 9.59 Å². The number of nitrogens with one attached hydrogen (secondary N) is 1. The number of carbonyl (C=O) groups is 2. The van der Waals surface area contributed by atoms with Gasteiger partial charge < -0.3 is 24.2 Å². The normalized spacial score (nSPS) is 26.2. The predicted octanol–water partition coefficient (Wildman–Crippen LogP) is 0.253. The molecule has 2 aliphatic rings. The standard InChI is InChI=1S/C16H23N3O5/c1-11-5-14(24-18-11)8-23-9-15(21)19-6-13-7-22-4-3-16(13,10-19)17-12(2)20/h5,13H,3-4,6-10H2,1-2H3,(H,17,20). The van der Waals surface area contributed by atoms with Crippen LogP contribution in [0.1, 0.15) is 24.8 Å². The van der Waals surface area contributed by atoms with Gasteiger partial charge in [-0.1, -0.05) is 5.16 Å². The number of aryl methyl sites for hydroxylation is 1. The third-order valence-corrected chi connectivity index (χ3v) is 4.63. The van der Waals surface area contributed by atoms with E-state index in [-0.39, 0.29) is 36.5 Å². The first kappa shape index (κ1) is 16.9. The molecule has 8 nitrogen and oxygen atoms in total. The second-order valence-electron chi connectivity index (χ2n) is 6.56. The molecule has 0 radical (unpaired) electrons. The molecule has 132 valence electrons. The summed E-state index contributed by atoms with van der Waals surface area (Å²) >= 11 is 0. The second-order valence-corrected chi connectivity index (χ2v) is 6.56. The topological polar surface area (TPSA) is 93.9 Å². The Balaban J connectivity index is 1.54. The molecule has 3 rings (SSSR count). The largest absolute Gasteiger partial charge is 0.381 e. The van der Waals surface area contributed by atoms with Crippen molar-refractivity contribution in [2.45, 2.75) is 32.4 Å². The zero-order chi connectivity index (χ0) is 17.2. The lowest BCUT2D eigenvalue weighted by Crippen LogP contribution is -2.57. The smallest absolute Gasteiger partial charge is 0.248 e. The molecule has 1 aromatic heterocycles. The van der Waals surface area contributed by atoms with E-state index >= 15 is 0 Å². The van der Waals surface area contributed by atoms with E-state index in [2.05, 4.69) is 10.5 Å². The molecule has 2 atom stereocenters. The van der Waals surface area contributed by atoms with Crippen LogP contribution in [-0.4, -0.2) is 60.3 Å². The second kappa shape index (κ2) is 6.90. The number of likely N-dealkylation sites (tertiary alicyclic amines) is 1. The lowest BCUT2D eigenvalue weighted by molar-refractivity contribution is -0.136. The lowest BCUT2D eigenvalue weighted by Gasteiger charge is -2.38. The summed E-state index contributed by atoms with van der Waals surface area (Å²) < 4.78 is 16.0. The fourth-order valence-electron chi connectivity index (χ4n) is 3.51. The number of carbonyl (C=O) groups excluding carboxylic acids is 2. The number of ether oxygens (including phenoxy) is 2. The molecule has 8 heteroatoms. The van der Waals surface area contributed by atoms with E-state index in [0.717, 1.165) is 12.1 Å². The van der Waals surface area contributed by atoms with Gasteiger partial charge in [-0.25, -0.2) is 0 Å². The van der Waals surface area contributed by atoms with Crippen molar-refractivity contribution < 1.29 is 23.6 Å². The minimum atomic E-state index is -0.373. The highest BCUT2D eigenvalue weighted by molar-refractivity contribution is 5.79. The number of rotatable bonds is 5. The van der Waals surface area contributed by atoms with Crippen LogP contribution in [-0.2, 0) is 25.7 Å². The zero-order valence-corrected chi connectivity index (χ0v) is 14.0. The van der Waals surface area contributed by atoms with Crippen molar-refractivity contribution in [2.75, 3.05) is 32.9 Å². The van der Waals surface area contributed by atoms with Crippen molar-refractivity contribution in [3.8, 4) is 0 Å². The highest BCUT2D eigenvalue weighted by Crippen LogP contribution is 2.34. The summed E-state index contributed by atoms with van der Waals surface area (Å²) in [4.78, 5) is 25.7. The average molecular weight is 337 g/mol. The summed E-state index contributed by atoms with van der Waals surface area (Å²) in [6, 6.07) is 1.78. The Hall–Kier alpha value is -1.93. The first-order chi connectivity index (χ1) is 11.5. The zero-order valence-electron chi connectivity index (χ0n) is 14.0. The maximum atomic E-state index is 12.4. The van der Waals surface area contributed by atoms with Gasteiger partial charge >= 0.3 is 0 Å². The molecule has 0 aromatic carbocycles. The van der Waals surface area contributed by atoms with E-state index in [1.807, 2.05) is 6.92 Å². The fraction of sp³-hybridized carbons (Fsp3) is 0.688. The molecule has 0 aliphatic carbocycles. The number of amides is 2. The van der Waals surface area contributed by atoms with Gasteiger partial charge in [-0.05, 0) is 13.3 Å². The minimum Gasteiger partial charge on any atom is -0.381 e. The van der Waals surface area contributed by atoms with Gasteiger partial charge in [0.25, 0.3) is 0 Å². The van der Waals surface area contributed by atoms with Gasteiger partial charge in [-0.15, -0.1) is 0 Å². The van der Waals surface area contributed by atoms with Gasteiger partial charge in [0.1, 0.15) is 13.2 Å². The summed E-state index contributed by atoms with van der Waals surface area (Å²) in [6.45, 7) is 5.76. The highest BCUT2D eigenvalue weighted by Gasteiger charge is 2.50. The number of aromatic nitrogens is 1. The Morgan fingerprint density at radius 1 is 1.54 bits per heavy atom. The van der Waals surface area contributed by atoms with E-state index in [1.54, 1.807) is 11.0 Å². The van der Waals surface area contributed by atoms with Crippen LogP contribution in [0.5, 0.6) is 0 Å². The SMILES string of the molecule is CC(=O)NC12CCOCC1CN(C(=O)COCc1cc(C)no1)C2. The molecule has 2 amide bonds. The third kappa shape index (κ3) is 3.59. The highest BCUT2D eigenvalue weighted by atomic mass is 16.5. The molecule has 24 heavy (non-hydrogen) atoms. The monoisotopic (exact) mass is 337 g/mol. The first-order valence-corrected chi connectivity index (χ1v) is 8.13. The molecule has 0 saturated carbocycles. The van der Waals surface area contributed by atoms with Crippen LogP contribution >= 0.6 is 0 Å². The third-order valence-electron chi connectivity index (χ3n) is 4.63. The van der Waals surface area contributed by atoms with Crippen LogP contribution < -0.4 is 5.32 Å². The van der Waals surface area contributed by atoms with E-state index < -0.39 is 0 Å². The lowest BCUT2D eigenvalue weighted by atomic mass is 9.83. The quantitative estimate of drug-likeness (QED) is 0.828. The Morgan fingerprint density at radius 2 is 2.38 bits per heavy atom. The molecule has 1 N–H and O–H groups in total. The Kier molecular flexibility index (Phi) is 4.86. The number of hydrogen-bond donors (Lipinski definition) is 1. The number of fused-ring (bicyclic) bond motifs is 1. The molecule has 0 spiro atoms. The Morgan fingerprint density at radius 3 is 3.08 bits per heavy atom. The predicted molar refractivity (Wildman–Crippen MR) is 82.9 cm³/mol. The molecule has 2 fully saturated rings. The van der Waals surface area contributed by atoms with Crippen molar-refractivity contribution in [3.63, 3.8) is 0 Å². The van der Waals surface area contributed by atoms with Crippen LogP contribution in [0, 0.1) is 12.8 Å². The summed E-state index contributed by atoms with van der Waals surface area (Å²) in [6.07, 6.45) is 0.721. The molecular formula is C16H23N3O5. The molecule has 3 heterocycles. The summed E-state index contributed by atoms with van der Waals surface area (Å²) in [5.74, 6) is 0.549. The maximum Gasteiger partial charge on any atom is 0.248 e. The van der Waals surface area contributed by atoms with Crippen molar-refractivity contribution in [1.29, 1.82) is 0 Å². The van der Waals surface area contributed by atoms with E-state index in [4.69, 9.17) is 14.0 Å². The van der Waals surface area contributed by atoms with Crippen LogP contribution in [0.2, 0.25) is 0 Å². The van der Waals surface area contributed by atoms with Crippen molar-refractivity contribution in [1.82, 2.24) is 15.4 Å². The molecule has 1 aromatic rings. The van der Waals surface area contributed by atoms with Crippen LogP contribution in [0.15, 0.2) is 10.6 Å². The van der Waals surface area contributed by atoms with Crippen LogP contribution in [0.3, 0.4) is 0 Å². The Bertz CT molecular complexity index is 617. The maximum absolute atomic E-state index is 12.4. The first-order valence-electron chi connectivity index (χ1n) is 8.13. The molecular weight excluding hydrogens is 314 g/mol. The van der Waals surface area contributed by atoms with Crippen LogP contribution in [0.25, 0.3) is 0 Å². The van der Waals surface area contributed by atoms with Gasteiger partial charge in [0, 0.05) is 38.6 Å². The number of nitrogens with zero attached hydrogens (tertiary/aromatic N) is 2. The Labute approximate surface area is 140 Å². The van der Waals surface area contributed by atoms with E-state index in [1.165, 1.54) is 6.92 Å². The molecule has 2 aliphatic heterocycles. The fourth-order valence-corrected chi connectivity index (χ4v) is 3.51. The van der Waals surface area contributed by atoms with Gasteiger partial charge in [-0.3, -0.25) is 9.59 Å². The van der Waals surface area contributed by atoms with Gasteiger partial charge in [0.2, 0.25) is 11.8 Å². The number of hydrogen-bond acceptors (Lipinski definition) is 6.